The molecule has 1 aromatic rings. The first-order chi connectivity index (χ1) is 7.69. The van der Waals surface area contributed by atoms with E-state index < -0.39 is 0 Å². The molecule has 16 heavy (non-hydrogen) atoms. The minimum atomic E-state index is 0.250. The van der Waals surface area contributed by atoms with Crippen molar-refractivity contribution >= 4 is 0 Å². The van der Waals surface area contributed by atoms with Crippen LogP contribution < -0.4 is 11.3 Å². The maximum Gasteiger partial charge on any atom is 0.0640 e. The Labute approximate surface area is 95.9 Å². The number of hydrazine groups is 1. The highest BCUT2D eigenvalue weighted by Crippen LogP contribution is 2.23. The third-order valence-electron chi connectivity index (χ3n) is 3.21. The Morgan fingerprint density at radius 3 is 3.06 bits per heavy atom. The first-order valence-corrected chi connectivity index (χ1v) is 5.75. The van der Waals surface area contributed by atoms with Crippen molar-refractivity contribution in [2.45, 2.75) is 31.9 Å². The van der Waals surface area contributed by atoms with E-state index in [2.05, 4.69) is 17.4 Å². The molecule has 1 fully saturated rings. The Kier molecular flexibility index (Phi) is 3.58. The Bertz CT molecular complexity index is 338. The minimum Gasteiger partial charge on any atom is -0.378 e. The smallest absolute Gasteiger partial charge is 0.0640 e. The first kappa shape index (κ1) is 11.6. The number of nitrogens with two attached hydrogens (primary N) is 1. The van der Waals surface area contributed by atoms with E-state index in [0.717, 1.165) is 25.1 Å². The van der Waals surface area contributed by atoms with Gasteiger partial charge in [0.25, 0.3) is 0 Å². The largest absolute Gasteiger partial charge is 0.378 e. The fraction of sp³-hybridized carbons (Fsp3) is 0.727. The van der Waals surface area contributed by atoms with Crippen molar-refractivity contribution in [3.05, 3.63) is 18.0 Å². The summed E-state index contributed by atoms with van der Waals surface area (Å²) in [6.45, 7) is 2.90. The molecule has 0 aliphatic carbocycles. The summed E-state index contributed by atoms with van der Waals surface area (Å²) in [7, 11) is 1.93. The molecule has 0 radical (unpaired) electrons. The minimum absolute atomic E-state index is 0.250. The summed E-state index contributed by atoms with van der Waals surface area (Å²) in [6.07, 6.45) is 4.24. The normalized spacial score (nSPS) is 27.2. The molecular formula is C11H20N4O. The third kappa shape index (κ3) is 2.61. The van der Waals surface area contributed by atoms with E-state index in [1.54, 1.807) is 0 Å². The fourth-order valence-electron chi connectivity index (χ4n) is 2.29. The number of hydrogen-bond donors (Lipinski definition) is 2. The number of ether oxygens (including phenoxy) is 1. The Hall–Kier alpha value is -0.910. The number of nitrogens with zero attached hydrogens (tertiary/aromatic N) is 2. The van der Waals surface area contributed by atoms with Crippen molar-refractivity contribution in [3.8, 4) is 0 Å². The summed E-state index contributed by atoms with van der Waals surface area (Å²) in [5.74, 6) is 6.10. The van der Waals surface area contributed by atoms with Gasteiger partial charge in [0, 0.05) is 31.6 Å². The van der Waals surface area contributed by atoms with Gasteiger partial charge in [0.05, 0.1) is 18.4 Å². The zero-order valence-electron chi connectivity index (χ0n) is 9.89. The lowest BCUT2D eigenvalue weighted by molar-refractivity contribution is 0.116. The van der Waals surface area contributed by atoms with Crippen LogP contribution in [0, 0.1) is 5.92 Å². The lowest BCUT2D eigenvalue weighted by Crippen LogP contribution is -2.43. The van der Waals surface area contributed by atoms with Gasteiger partial charge < -0.3 is 4.74 Å². The Morgan fingerprint density at radius 1 is 1.75 bits per heavy atom. The Balaban J connectivity index is 1.95. The number of nitrogens with one attached hydrogen (secondary N) is 1. The zero-order chi connectivity index (χ0) is 11.5. The highest BCUT2D eigenvalue weighted by molar-refractivity contribution is 5.02. The number of hydrogen-bond acceptors (Lipinski definition) is 4. The molecule has 2 heterocycles. The average Bonchev–Trinajstić information content (AvgIpc) is 2.84. The summed E-state index contributed by atoms with van der Waals surface area (Å²) < 4.78 is 7.39. The second-order valence-corrected chi connectivity index (χ2v) is 4.60. The quantitative estimate of drug-likeness (QED) is 0.567. The van der Waals surface area contributed by atoms with Crippen LogP contribution in [0.25, 0.3) is 0 Å². The summed E-state index contributed by atoms with van der Waals surface area (Å²) in [5, 5.41) is 4.37. The third-order valence-corrected chi connectivity index (χ3v) is 3.21. The van der Waals surface area contributed by atoms with Gasteiger partial charge in [-0.2, -0.15) is 5.10 Å². The molecule has 1 saturated heterocycles. The van der Waals surface area contributed by atoms with Crippen molar-refractivity contribution < 1.29 is 4.74 Å². The van der Waals surface area contributed by atoms with Crippen molar-refractivity contribution in [1.29, 1.82) is 0 Å². The molecule has 0 aromatic carbocycles. The molecule has 90 valence electrons. The molecular weight excluding hydrogens is 204 g/mol. The van der Waals surface area contributed by atoms with Crippen LogP contribution in [-0.4, -0.2) is 28.5 Å². The summed E-state index contributed by atoms with van der Waals surface area (Å²) in [5.41, 5.74) is 3.97. The molecule has 0 saturated carbocycles. The topological polar surface area (TPSA) is 65.1 Å². The van der Waals surface area contributed by atoms with Gasteiger partial charge in [-0.05, 0) is 19.4 Å². The van der Waals surface area contributed by atoms with Crippen molar-refractivity contribution in [3.63, 3.8) is 0 Å². The monoisotopic (exact) mass is 224 g/mol. The Morgan fingerprint density at radius 2 is 2.56 bits per heavy atom. The van der Waals surface area contributed by atoms with Crippen LogP contribution in [0.2, 0.25) is 0 Å². The zero-order valence-corrected chi connectivity index (χ0v) is 9.89. The molecule has 1 aliphatic heterocycles. The number of aromatic nitrogens is 2. The van der Waals surface area contributed by atoms with Crippen LogP contribution in [0.3, 0.4) is 0 Å². The molecule has 3 N–H and O–H groups in total. The van der Waals surface area contributed by atoms with Gasteiger partial charge in [0.2, 0.25) is 0 Å². The van der Waals surface area contributed by atoms with Gasteiger partial charge in [-0.15, -0.1) is 0 Å². The van der Waals surface area contributed by atoms with Crippen LogP contribution in [0.1, 0.15) is 19.0 Å². The summed E-state index contributed by atoms with van der Waals surface area (Å²) >= 11 is 0. The molecule has 2 rings (SSSR count). The summed E-state index contributed by atoms with van der Waals surface area (Å²) in [4.78, 5) is 0. The van der Waals surface area contributed by atoms with Gasteiger partial charge >= 0.3 is 0 Å². The lowest BCUT2D eigenvalue weighted by atomic mass is 9.94. The molecule has 0 amide bonds. The molecule has 3 atom stereocenters. The maximum atomic E-state index is 5.61. The van der Waals surface area contributed by atoms with Gasteiger partial charge in [-0.25, -0.2) is 0 Å². The molecule has 5 nitrogen and oxygen atoms in total. The van der Waals surface area contributed by atoms with Crippen molar-refractivity contribution in [1.82, 2.24) is 15.2 Å². The van der Waals surface area contributed by atoms with Crippen LogP contribution in [0.15, 0.2) is 12.3 Å². The highest BCUT2D eigenvalue weighted by Gasteiger charge is 2.29. The van der Waals surface area contributed by atoms with E-state index in [1.807, 2.05) is 24.0 Å². The van der Waals surface area contributed by atoms with E-state index in [4.69, 9.17) is 10.6 Å². The van der Waals surface area contributed by atoms with Crippen LogP contribution >= 0.6 is 0 Å². The first-order valence-electron chi connectivity index (χ1n) is 5.75. The standard InChI is InChI=1S/C11H20N4O/c1-8-5-9(7-16-8)11(13-12)6-10-3-4-15(2)14-10/h3-4,8-9,11,13H,5-7,12H2,1-2H3. The van der Waals surface area contributed by atoms with Gasteiger partial charge in [-0.3, -0.25) is 16.0 Å². The highest BCUT2D eigenvalue weighted by atomic mass is 16.5. The lowest BCUT2D eigenvalue weighted by Gasteiger charge is -2.20. The van der Waals surface area contributed by atoms with Gasteiger partial charge in [0.1, 0.15) is 0 Å². The van der Waals surface area contributed by atoms with E-state index in [1.165, 1.54) is 0 Å². The second kappa shape index (κ2) is 4.95. The molecule has 3 unspecified atom stereocenters. The van der Waals surface area contributed by atoms with E-state index in [9.17, 15) is 0 Å². The van der Waals surface area contributed by atoms with Crippen molar-refractivity contribution in [2.24, 2.45) is 18.8 Å². The van der Waals surface area contributed by atoms with Gasteiger partial charge in [-0.1, -0.05) is 0 Å². The number of aryl methyl sites for hydroxylation is 1. The SMILES string of the molecule is CC1CC(C(Cc2ccn(C)n2)NN)CO1. The van der Waals surface area contributed by atoms with E-state index >= 15 is 0 Å². The molecule has 1 aliphatic rings. The van der Waals surface area contributed by atoms with E-state index in [-0.39, 0.29) is 6.04 Å². The van der Waals surface area contributed by atoms with Crippen LogP contribution in [0.5, 0.6) is 0 Å². The van der Waals surface area contributed by atoms with E-state index in [0.29, 0.717) is 12.0 Å². The average molecular weight is 224 g/mol. The maximum absolute atomic E-state index is 5.61. The van der Waals surface area contributed by atoms with Crippen molar-refractivity contribution in [2.75, 3.05) is 6.61 Å². The predicted octanol–water partition coefficient (Wildman–Crippen LogP) is 0.220. The van der Waals surface area contributed by atoms with Gasteiger partial charge in [0.15, 0.2) is 0 Å². The molecule has 0 spiro atoms. The van der Waals surface area contributed by atoms with Crippen LogP contribution in [-0.2, 0) is 18.2 Å². The molecule has 5 heteroatoms. The summed E-state index contributed by atoms with van der Waals surface area (Å²) in [6, 6.07) is 2.28. The fourth-order valence-corrected chi connectivity index (χ4v) is 2.29. The van der Waals surface area contributed by atoms with Crippen LogP contribution in [0.4, 0.5) is 0 Å². The molecule has 0 bridgehead atoms. The number of rotatable bonds is 4. The predicted molar refractivity (Wildman–Crippen MR) is 61.5 cm³/mol. The molecule has 1 aromatic heterocycles. The second-order valence-electron chi connectivity index (χ2n) is 4.60.